The second kappa shape index (κ2) is 33.5. The van der Waals surface area contributed by atoms with Crippen LogP contribution in [0.4, 0.5) is 79.6 Å². The molecular weight excluding hydrogens is 1280 g/mol. The molecule has 0 heterocycles. The molecule has 2 N–H and O–H groups in total. The minimum atomic E-state index is 0.792. The molecule has 0 aromatic heterocycles. The number of nitrogens with zero attached hydrogens (tertiary/aromatic N) is 13. The number of hydrogen-bond acceptors (Lipinski definition) is 14. The molecule has 0 aliphatic heterocycles. The molecule has 0 spiro atoms. The predicted octanol–water partition coefficient (Wildman–Crippen LogP) is 21.7. The Morgan fingerprint density at radius 2 is 0.260 bits per heavy atom. The lowest BCUT2D eigenvalue weighted by atomic mass is 10.1. The minimum absolute atomic E-state index is 0.792. The van der Waals surface area contributed by atoms with Crippen LogP contribution >= 0.6 is 0 Å². The molecule has 0 atom stereocenters. The largest absolute Gasteiger partial charge is 0.280 e. The van der Waals surface area contributed by atoms with Gasteiger partial charge in [-0.2, -0.15) is 30.6 Å². The first-order chi connectivity index (χ1) is 51.5. The summed E-state index contributed by atoms with van der Waals surface area (Å²) in [7, 11) is 0. The number of anilines is 14. The van der Waals surface area contributed by atoms with Gasteiger partial charge in [0.1, 0.15) is 0 Å². The standard InChI is InChI=1S/C90H72N14/c91-98(77-53-41-71(42-54-77)65-96-103(87-57-45-73(46-58-87)67-92-99(79-25-9-1-10-26-79)80-27-11-2-12-28-80)88-59-47-74(48-60-88)68-93-100(81-29-13-3-14-30-81)82-31-15-4-16-32-82)78-55-43-72(44-56-78)66-97-104(89-61-49-75(50-62-89)69-94-101(83-33-17-5-18-34-83)84-35-19-6-20-36-84)90-63-51-76(52-64-90)70-95-102(85-37-21-7-22-38-85)86-39-23-8-24-40-86/h1-70H,91H2/b92-67+,93-68+,94-69+,95-70+,96-65+,97-66+. The molecule has 0 aliphatic rings. The zero-order chi connectivity index (χ0) is 70.3. The fourth-order valence-corrected chi connectivity index (χ4v) is 11.4. The van der Waals surface area contributed by atoms with E-state index in [9.17, 15) is 0 Å². The van der Waals surface area contributed by atoms with E-state index in [0.717, 1.165) is 113 Å². The summed E-state index contributed by atoms with van der Waals surface area (Å²) in [5.41, 5.74) is 18.1. The van der Waals surface area contributed by atoms with Crippen LogP contribution in [0.3, 0.4) is 0 Å². The van der Waals surface area contributed by atoms with Gasteiger partial charge in [-0.1, -0.05) is 218 Å². The summed E-state index contributed by atoms with van der Waals surface area (Å²) >= 11 is 0. The Morgan fingerprint density at radius 1 is 0.144 bits per heavy atom. The molecule has 14 rings (SSSR count). The Hall–Kier alpha value is -14.3. The Bertz CT molecular complexity index is 4400. The van der Waals surface area contributed by atoms with Gasteiger partial charge in [0.15, 0.2) is 0 Å². The zero-order valence-electron chi connectivity index (χ0n) is 56.8. The summed E-state index contributed by atoms with van der Waals surface area (Å²) in [6, 6.07) is 130. The smallest absolute Gasteiger partial charge is 0.0653 e. The van der Waals surface area contributed by atoms with E-state index in [-0.39, 0.29) is 0 Å². The third-order valence-electron chi connectivity index (χ3n) is 16.8. The van der Waals surface area contributed by atoms with Gasteiger partial charge in [-0.05, 0) is 203 Å². The maximum Gasteiger partial charge on any atom is 0.0653 e. The van der Waals surface area contributed by atoms with Crippen LogP contribution in [-0.2, 0) is 0 Å². The highest BCUT2D eigenvalue weighted by atomic mass is 15.5. The van der Waals surface area contributed by atoms with E-state index in [1.54, 1.807) is 5.01 Å². The van der Waals surface area contributed by atoms with Gasteiger partial charge >= 0.3 is 0 Å². The van der Waals surface area contributed by atoms with Crippen molar-refractivity contribution in [2.45, 2.75) is 0 Å². The maximum atomic E-state index is 6.90. The van der Waals surface area contributed by atoms with Gasteiger partial charge in [-0.15, -0.1) is 0 Å². The van der Waals surface area contributed by atoms with E-state index in [1.807, 2.05) is 407 Å². The van der Waals surface area contributed by atoms with Crippen LogP contribution in [0.15, 0.2) is 419 Å². The van der Waals surface area contributed by atoms with Crippen molar-refractivity contribution in [1.82, 2.24) is 0 Å². The van der Waals surface area contributed by atoms with Crippen LogP contribution in [0.25, 0.3) is 0 Å². The molecule has 14 aromatic carbocycles. The molecule has 14 nitrogen and oxygen atoms in total. The Kier molecular flexibility index (Phi) is 21.5. The molecule has 0 saturated heterocycles. The summed E-state index contributed by atoms with van der Waals surface area (Å²) in [5.74, 6) is 6.90. The van der Waals surface area contributed by atoms with Crippen molar-refractivity contribution in [3.05, 3.63) is 422 Å². The van der Waals surface area contributed by atoms with Crippen molar-refractivity contribution in [2.75, 3.05) is 35.1 Å². The maximum absolute atomic E-state index is 6.90. The number of hydrazine groups is 1. The highest BCUT2D eigenvalue weighted by Gasteiger charge is 2.16. The van der Waals surface area contributed by atoms with Gasteiger partial charge in [0.2, 0.25) is 0 Å². The van der Waals surface area contributed by atoms with E-state index < -0.39 is 0 Å². The summed E-state index contributed by atoms with van der Waals surface area (Å²) in [6.07, 6.45) is 11.2. The molecular formula is C90H72N14. The van der Waals surface area contributed by atoms with Crippen molar-refractivity contribution in [2.24, 2.45) is 36.5 Å². The number of benzene rings is 14. The van der Waals surface area contributed by atoms with Crippen molar-refractivity contribution >= 4 is 117 Å². The number of hydrazone groups is 6. The van der Waals surface area contributed by atoms with E-state index >= 15 is 0 Å². The van der Waals surface area contributed by atoms with Gasteiger partial charge in [-0.25, -0.2) is 35.9 Å². The monoisotopic (exact) mass is 1350 g/mol. The van der Waals surface area contributed by atoms with Crippen LogP contribution in [-0.4, -0.2) is 37.3 Å². The van der Waals surface area contributed by atoms with E-state index in [2.05, 4.69) is 48.5 Å². The Labute approximate surface area is 606 Å². The number of rotatable bonds is 26. The predicted molar refractivity (Wildman–Crippen MR) is 435 cm³/mol. The third kappa shape index (κ3) is 17.2. The van der Waals surface area contributed by atoms with Crippen LogP contribution in [0, 0.1) is 0 Å². The first kappa shape index (κ1) is 66.9. The van der Waals surface area contributed by atoms with Crippen LogP contribution in [0.5, 0.6) is 0 Å². The summed E-state index contributed by atoms with van der Waals surface area (Å²) in [4.78, 5) is 0. The number of para-hydroxylation sites is 8. The molecule has 0 saturated carbocycles. The molecule has 0 radical (unpaired) electrons. The molecule has 14 aromatic rings. The third-order valence-corrected chi connectivity index (χ3v) is 16.8. The normalized spacial score (nSPS) is 11.5. The second-order valence-electron chi connectivity index (χ2n) is 23.9. The van der Waals surface area contributed by atoms with Gasteiger partial charge in [-0.3, -0.25) is 5.01 Å². The molecule has 0 bridgehead atoms. The van der Waals surface area contributed by atoms with Crippen LogP contribution in [0.1, 0.15) is 33.4 Å². The summed E-state index contributed by atoms with van der Waals surface area (Å²) in [6.45, 7) is 0. The summed E-state index contributed by atoms with van der Waals surface area (Å²) in [5, 5.41) is 43.4. The first-order valence-electron chi connectivity index (χ1n) is 34.1. The summed E-state index contributed by atoms with van der Waals surface area (Å²) < 4.78 is 0. The van der Waals surface area contributed by atoms with Crippen molar-refractivity contribution in [3.63, 3.8) is 0 Å². The lowest BCUT2D eigenvalue weighted by Crippen LogP contribution is -2.24. The lowest BCUT2D eigenvalue weighted by molar-refractivity contribution is 1.08. The quantitative estimate of drug-likeness (QED) is 0.0323. The Balaban J connectivity index is 0.699. The average Bonchev–Trinajstić information content (AvgIpc) is 0.878. The molecule has 0 fully saturated rings. The van der Waals surface area contributed by atoms with Crippen LogP contribution in [0.2, 0.25) is 0 Å². The number of hydrogen-bond donors (Lipinski definition) is 1. The fraction of sp³-hybridized carbons (Fsp3) is 0. The molecule has 104 heavy (non-hydrogen) atoms. The highest BCUT2D eigenvalue weighted by Crippen LogP contribution is 2.34. The van der Waals surface area contributed by atoms with Crippen molar-refractivity contribution < 1.29 is 0 Å². The topological polar surface area (TPSA) is 123 Å². The van der Waals surface area contributed by atoms with E-state index in [0.29, 0.717) is 0 Å². The average molecular weight is 1350 g/mol. The fourth-order valence-electron chi connectivity index (χ4n) is 11.4. The second-order valence-corrected chi connectivity index (χ2v) is 23.9. The van der Waals surface area contributed by atoms with Gasteiger partial charge in [0, 0.05) is 0 Å². The van der Waals surface area contributed by atoms with Gasteiger partial charge < -0.3 is 0 Å². The molecule has 0 aliphatic carbocycles. The van der Waals surface area contributed by atoms with Gasteiger partial charge in [0.25, 0.3) is 0 Å². The lowest BCUT2D eigenvalue weighted by Gasteiger charge is -2.21. The minimum Gasteiger partial charge on any atom is -0.280 e. The molecule has 0 unspecified atom stereocenters. The Morgan fingerprint density at radius 3 is 0.394 bits per heavy atom. The van der Waals surface area contributed by atoms with Crippen LogP contribution < -0.4 is 40.9 Å². The van der Waals surface area contributed by atoms with E-state index in [1.165, 1.54) is 0 Å². The van der Waals surface area contributed by atoms with Crippen molar-refractivity contribution in [3.8, 4) is 0 Å². The zero-order valence-corrected chi connectivity index (χ0v) is 56.8. The first-order valence-corrected chi connectivity index (χ1v) is 34.1. The highest BCUT2D eigenvalue weighted by molar-refractivity contribution is 5.89. The number of nitrogens with two attached hydrogens (primary N) is 1. The molecule has 0 amide bonds. The SMILES string of the molecule is NN(c1ccc(/C=N/N(c2ccc(/C=N/N(c3ccccc3)c3ccccc3)cc2)c2ccc(/C=N/N(c3ccccc3)c3ccccc3)cc2)cc1)c1ccc(/C=N/N(c2ccc(/C=N/N(c3ccccc3)c3ccccc3)cc2)c2ccc(/C=N/N(c3ccccc3)c3ccccc3)cc2)cc1. The van der Waals surface area contributed by atoms with E-state index in [4.69, 9.17) is 36.5 Å². The molecule has 502 valence electrons. The van der Waals surface area contributed by atoms with Gasteiger partial charge in [0.05, 0.1) is 117 Å². The molecule has 14 heteroatoms. The van der Waals surface area contributed by atoms with Crippen molar-refractivity contribution in [1.29, 1.82) is 0 Å².